The van der Waals surface area contributed by atoms with E-state index < -0.39 is 0 Å². The standard InChI is InChI=1S/C48H42N8O4/c1-5-13-39(14-6-1)45-51-52-46(40-15-7-2-8-16-40)55(45)49-35-37-21-25-43(26-22-37)59-33-31-57-29-30-58-32-34-60-44-27-23-38(24-28-44)36-50-56-47(41-17-9-3-10-18-41)53-54-48(56)42-19-11-4-12-20-42/h1-28,35-36H,29-34H2/b49-35+,50-36+. The summed E-state index contributed by atoms with van der Waals surface area (Å²) in [5.74, 6) is 4.14. The van der Waals surface area contributed by atoms with E-state index in [0.29, 0.717) is 62.9 Å². The summed E-state index contributed by atoms with van der Waals surface area (Å²) in [4.78, 5) is 0. The molecule has 0 atom stereocenters. The fourth-order valence-corrected chi connectivity index (χ4v) is 6.16. The third-order valence-corrected chi connectivity index (χ3v) is 9.18. The predicted octanol–water partition coefficient (Wildman–Crippen LogP) is 8.79. The summed E-state index contributed by atoms with van der Waals surface area (Å²) in [6.45, 7) is 2.62. The summed E-state index contributed by atoms with van der Waals surface area (Å²) >= 11 is 0. The Morgan fingerprint density at radius 1 is 0.350 bits per heavy atom. The molecule has 12 nitrogen and oxygen atoms in total. The van der Waals surface area contributed by atoms with Crippen LogP contribution in [0.1, 0.15) is 11.1 Å². The minimum atomic E-state index is 0.417. The van der Waals surface area contributed by atoms with Crippen molar-refractivity contribution in [3.05, 3.63) is 181 Å². The molecule has 0 aliphatic rings. The molecule has 8 aromatic rings. The number of hydrogen-bond donors (Lipinski definition) is 0. The number of ether oxygens (including phenoxy) is 4. The number of aromatic nitrogens is 6. The first-order valence-electron chi connectivity index (χ1n) is 19.6. The quantitative estimate of drug-likeness (QED) is 0.0588. The number of nitrogens with zero attached hydrogens (tertiary/aromatic N) is 8. The minimum absolute atomic E-state index is 0.417. The summed E-state index contributed by atoms with van der Waals surface area (Å²) in [5.41, 5.74) is 5.54. The van der Waals surface area contributed by atoms with Crippen molar-refractivity contribution in [2.75, 3.05) is 39.6 Å². The molecule has 0 saturated carbocycles. The second-order valence-electron chi connectivity index (χ2n) is 13.3. The molecule has 2 aromatic heterocycles. The Morgan fingerprint density at radius 3 is 0.933 bits per heavy atom. The van der Waals surface area contributed by atoms with Crippen LogP contribution in [-0.4, -0.2) is 81.8 Å². The molecule has 0 unspecified atom stereocenters. The Bertz CT molecular complexity index is 2280. The molecule has 0 aliphatic carbocycles. The van der Waals surface area contributed by atoms with E-state index in [1.165, 1.54) is 0 Å². The number of benzene rings is 6. The Labute approximate surface area is 348 Å². The molecule has 0 aliphatic heterocycles. The van der Waals surface area contributed by atoms with Crippen molar-refractivity contribution in [3.63, 3.8) is 0 Å². The zero-order valence-corrected chi connectivity index (χ0v) is 32.8. The first-order chi connectivity index (χ1) is 29.8. The van der Waals surface area contributed by atoms with Crippen LogP contribution >= 0.6 is 0 Å². The summed E-state index contributed by atoms with van der Waals surface area (Å²) < 4.78 is 26.7. The smallest absolute Gasteiger partial charge is 0.185 e. The first kappa shape index (κ1) is 39.3. The van der Waals surface area contributed by atoms with E-state index in [-0.39, 0.29) is 0 Å². The molecule has 12 heteroatoms. The van der Waals surface area contributed by atoms with Crippen molar-refractivity contribution in [1.29, 1.82) is 0 Å². The second kappa shape index (κ2) is 20.2. The van der Waals surface area contributed by atoms with E-state index in [9.17, 15) is 0 Å². The topological polar surface area (TPSA) is 123 Å². The average molecular weight is 795 g/mol. The molecule has 0 fully saturated rings. The Hall–Kier alpha value is -7.54. The molecule has 8 rings (SSSR count). The molecule has 0 amide bonds. The lowest BCUT2D eigenvalue weighted by atomic mass is 10.2. The second-order valence-corrected chi connectivity index (χ2v) is 13.3. The highest BCUT2D eigenvalue weighted by Gasteiger charge is 2.16. The van der Waals surface area contributed by atoms with Gasteiger partial charge in [0.1, 0.15) is 24.7 Å². The molecule has 60 heavy (non-hydrogen) atoms. The van der Waals surface area contributed by atoms with E-state index in [1.54, 1.807) is 21.8 Å². The maximum atomic E-state index is 5.88. The molecule has 0 saturated heterocycles. The Morgan fingerprint density at radius 2 is 0.633 bits per heavy atom. The Kier molecular flexibility index (Phi) is 13.3. The highest BCUT2D eigenvalue weighted by atomic mass is 16.6. The van der Waals surface area contributed by atoms with Crippen molar-refractivity contribution in [3.8, 4) is 57.1 Å². The highest BCUT2D eigenvalue weighted by Crippen LogP contribution is 2.26. The first-order valence-corrected chi connectivity index (χ1v) is 19.6. The Balaban J connectivity index is 0.735. The molecule has 0 radical (unpaired) electrons. The van der Waals surface area contributed by atoms with Crippen molar-refractivity contribution in [2.45, 2.75) is 0 Å². The molecular weight excluding hydrogens is 753 g/mol. The van der Waals surface area contributed by atoms with Gasteiger partial charge in [0.25, 0.3) is 0 Å². The SMILES string of the molecule is C(=N\n1c(-c2ccccc2)nnc1-c1ccccc1)/c1ccc(OCCOCCOCCOc2ccc(/C=N/n3c(-c4ccccc4)nnc3-c3ccccc3)cc2)cc1. The zero-order valence-electron chi connectivity index (χ0n) is 32.8. The van der Waals surface area contributed by atoms with Gasteiger partial charge in [-0.25, -0.2) is 0 Å². The van der Waals surface area contributed by atoms with Crippen molar-refractivity contribution < 1.29 is 18.9 Å². The van der Waals surface area contributed by atoms with E-state index in [0.717, 1.165) is 44.9 Å². The fraction of sp³-hybridized carbons (Fsp3) is 0.125. The van der Waals surface area contributed by atoms with Crippen LogP contribution in [0.15, 0.2) is 180 Å². The van der Waals surface area contributed by atoms with Crippen LogP contribution in [-0.2, 0) is 9.47 Å². The van der Waals surface area contributed by atoms with Gasteiger partial charge in [0.2, 0.25) is 0 Å². The normalized spacial score (nSPS) is 11.4. The van der Waals surface area contributed by atoms with Crippen LogP contribution in [0.3, 0.4) is 0 Å². The van der Waals surface area contributed by atoms with E-state index in [4.69, 9.17) is 29.2 Å². The van der Waals surface area contributed by atoms with Crippen LogP contribution in [0.2, 0.25) is 0 Å². The van der Waals surface area contributed by atoms with E-state index >= 15 is 0 Å². The largest absolute Gasteiger partial charge is 0.491 e. The summed E-state index contributed by atoms with van der Waals surface area (Å²) in [7, 11) is 0. The average Bonchev–Trinajstić information content (AvgIpc) is 3.95. The van der Waals surface area contributed by atoms with Gasteiger partial charge in [-0.05, 0) is 59.7 Å². The van der Waals surface area contributed by atoms with Gasteiger partial charge >= 0.3 is 0 Å². The van der Waals surface area contributed by atoms with E-state index in [2.05, 4.69) is 20.4 Å². The van der Waals surface area contributed by atoms with Gasteiger partial charge in [-0.1, -0.05) is 121 Å². The third-order valence-electron chi connectivity index (χ3n) is 9.18. The zero-order chi connectivity index (χ0) is 40.6. The molecule has 0 spiro atoms. The van der Waals surface area contributed by atoms with Crippen LogP contribution in [0.5, 0.6) is 11.5 Å². The fourth-order valence-electron chi connectivity index (χ4n) is 6.16. The van der Waals surface area contributed by atoms with Crippen molar-refractivity contribution in [2.24, 2.45) is 10.2 Å². The van der Waals surface area contributed by atoms with Crippen LogP contribution in [0.25, 0.3) is 45.6 Å². The molecule has 2 heterocycles. The van der Waals surface area contributed by atoms with Gasteiger partial charge < -0.3 is 18.9 Å². The minimum Gasteiger partial charge on any atom is -0.491 e. The lowest BCUT2D eigenvalue weighted by Gasteiger charge is -2.09. The molecule has 0 N–H and O–H groups in total. The highest BCUT2D eigenvalue weighted by molar-refractivity contribution is 5.81. The van der Waals surface area contributed by atoms with Crippen LogP contribution < -0.4 is 9.47 Å². The van der Waals surface area contributed by atoms with Crippen molar-refractivity contribution >= 4 is 12.4 Å². The summed E-state index contributed by atoms with van der Waals surface area (Å²) in [6.07, 6.45) is 3.58. The summed E-state index contributed by atoms with van der Waals surface area (Å²) in [6, 6.07) is 55.1. The van der Waals surface area contributed by atoms with Gasteiger partial charge in [0.05, 0.1) is 38.9 Å². The van der Waals surface area contributed by atoms with Crippen molar-refractivity contribution in [1.82, 2.24) is 29.7 Å². The monoisotopic (exact) mass is 794 g/mol. The van der Waals surface area contributed by atoms with Gasteiger partial charge in [0, 0.05) is 22.3 Å². The van der Waals surface area contributed by atoms with Gasteiger partial charge in [-0.15, -0.1) is 20.4 Å². The molecular formula is C48H42N8O4. The van der Waals surface area contributed by atoms with Gasteiger partial charge in [-0.3, -0.25) is 0 Å². The maximum absolute atomic E-state index is 5.88. The predicted molar refractivity (Wildman–Crippen MR) is 233 cm³/mol. The summed E-state index contributed by atoms with van der Waals surface area (Å²) in [5, 5.41) is 27.3. The lowest BCUT2D eigenvalue weighted by Crippen LogP contribution is -2.13. The van der Waals surface area contributed by atoms with Gasteiger partial charge in [0.15, 0.2) is 23.3 Å². The maximum Gasteiger partial charge on any atom is 0.185 e. The number of rotatable bonds is 19. The third kappa shape index (κ3) is 10.3. The molecule has 0 bridgehead atoms. The molecule has 298 valence electrons. The number of hydrogen-bond acceptors (Lipinski definition) is 10. The van der Waals surface area contributed by atoms with E-state index in [1.807, 2.05) is 170 Å². The lowest BCUT2D eigenvalue weighted by molar-refractivity contribution is 0.0273. The molecule has 6 aromatic carbocycles. The van der Waals surface area contributed by atoms with Gasteiger partial charge in [-0.2, -0.15) is 19.6 Å². The van der Waals surface area contributed by atoms with Crippen LogP contribution in [0, 0.1) is 0 Å². The van der Waals surface area contributed by atoms with Crippen LogP contribution in [0.4, 0.5) is 0 Å².